The summed E-state index contributed by atoms with van der Waals surface area (Å²) in [5.41, 5.74) is 5.17. The van der Waals surface area contributed by atoms with Gasteiger partial charge in [-0.2, -0.15) is 0 Å². The average molecular weight is 451 g/mol. The summed E-state index contributed by atoms with van der Waals surface area (Å²) in [4.78, 5) is 16.8. The molecule has 0 unspecified atom stereocenters. The Bertz CT molecular complexity index is 1230. The van der Waals surface area contributed by atoms with Crippen molar-refractivity contribution in [1.82, 2.24) is 5.32 Å². The van der Waals surface area contributed by atoms with Crippen LogP contribution in [0.4, 0.5) is 0 Å². The molecule has 1 aliphatic rings. The van der Waals surface area contributed by atoms with Crippen molar-refractivity contribution >= 4 is 39.4 Å². The third-order valence-electron chi connectivity index (χ3n) is 5.32. The zero-order valence-electron chi connectivity index (χ0n) is 18.7. The van der Waals surface area contributed by atoms with E-state index in [0.717, 1.165) is 62.6 Å². The van der Waals surface area contributed by atoms with Crippen molar-refractivity contribution in [2.75, 3.05) is 26.0 Å². The highest BCUT2D eigenvalue weighted by Crippen LogP contribution is 2.42. The molecule has 1 N–H and O–H groups in total. The molecule has 1 aliphatic heterocycles. The van der Waals surface area contributed by atoms with Crippen LogP contribution in [0.2, 0.25) is 0 Å². The number of nitrogens with one attached hydrogen (secondary N) is 1. The molecule has 3 aromatic rings. The van der Waals surface area contributed by atoms with Crippen LogP contribution < -0.4 is 14.8 Å². The maximum absolute atomic E-state index is 12.6. The van der Waals surface area contributed by atoms with Crippen LogP contribution in [0, 0.1) is 6.92 Å². The summed E-state index contributed by atoms with van der Waals surface area (Å²) in [5.74, 6) is 2.18. The Labute approximate surface area is 191 Å². The molecule has 2 heterocycles. The summed E-state index contributed by atoms with van der Waals surface area (Å²) in [5, 5.41) is 4.46. The number of thioether (sulfide) groups is 1. The minimum absolute atomic E-state index is 0.201. The molecule has 1 aromatic heterocycles. The van der Waals surface area contributed by atoms with Crippen molar-refractivity contribution in [3.8, 4) is 22.6 Å². The molecular weight excluding hydrogens is 424 g/mol. The van der Waals surface area contributed by atoms with E-state index < -0.39 is 0 Å². The fourth-order valence-electron chi connectivity index (χ4n) is 3.84. The zero-order chi connectivity index (χ0) is 22.7. The number of benzene rings is 2. The number of amidine groups is 1. The van der Waals surface area contributed by atoms with Crippen molar-refractivity contribution < 1.29 is 18.7 Å². The van der Waals surface area contributed by atoms with Crippen LogP contribution >= 0.6 is 11.8 Å². The predicted molar refractivity (Wildman–Crippen MR) is 131 cm³/mol. The van der Waals surface area contributed by atoms with E-state index in [0.29, 0.717) is 11.8 Å². The highest BCUT2D eigenvalue weighted by molar-refractivity contribution is 8.14. The van der Waals surface area contributed by atoms with Crippen LogP contribution in [0.3, 0.4) is 0 Å². The van der Waals surface area contributed by atoms with Crippen LogP contribution in [0.25, 0.3) is 27.7 Å². The van der Waals surface area contributed by atoms with E-state index in [1.807, 2.05) is 51.1 Å². The molecule has 0 saturated carbocycles. The Morgan fingerprint density at radius 3 is 2.84 bits per heavy atom. The number of allylic oxidation sites excluding steroid dienone is 1. The van der Waals surface area contributed by atoms with Gasteiger partial charge >= 0.3 is 0 Å². The lowest BCUT2D eigenvalue weighted by atomic mass is 9.96. The Morgan fingerprint density at radius 1 is 1.31 bits per heavy atom. The Kier molecular flexibility index (Phi) is 6.55. The van der Waals surface area contributed by atoms with E-state index in [2.05, 4.69) is 10.3 Å². The minimum atomic E-state index is -0.201. The van der Waals surface area contributed by atoms with Gasteiger partial charge in [-0.3, -0.25) is 9.79 Å². The number of hydrogen-bond donors (Lipinski definition) is 1. The first-order valence-electron chi connectivity index (χ1n) is 10.5. The second-order valence-electron chi connectivity index (χ2n) is 7.39. The molecule has 7 heteroatoms. The molecule has 0 bridgehead atoms. The summed E-state index contributed by atoms with van der Waals surface area (Å²) in [6, 6.07) is 9.87. The van der Waals surface area contributed by atoms with Gasteiger partial charge in [-0.15, -0.1) is 0 Å². The Balaban J connectivity index is 1.82. The van der Waals surface area contributed by atoms with Gasteiger partial charge in [-0.05, 0) is 38.5 Å². The van der Waals surface area contributed by atoms with Gasteiger partial charge in [0.2, 0.25) is 5.91 Å². The number of para-hydroxylation sites is 1. The fourth-order valence-corrected chi connectivity index (χ4v) is 4.57. The number of methoxy groups -OCH3 is 1. The summed E-state index contributed by atoms with van der Waals surface area (Å²) in [7, 11) is 1.66. The largest absolute Gasteiger partial charge is 0.496 e. The summed E-state index contributed by atoms with van der Waals surface area (Å²) >= 11 is 1.55. The number of rotatable bonds is 6. The number of furan rings is 1. The number of fused-ring (bicyclic) bond motifs is 1. The predicted octanol–water partition coefficient (Wildman–Crippen LogP) is 5.44. The van der Waals surface area contributed by atoms with Crippen molar-refractivity contribution in [1.29, 1.82) is 0 Å². The topological polar surface area (TPSA) is 73.1 Å². The van der Waals surface area contributed by atoms with E-state index in [9.17, 15) is 4.79 Å². The highest BCUT2D eigenvalue weighted by atomic mass is 32.2. The second-order valence-corrected chi connectivity index (χ2v) is 8.47. The standard InChI is InChI=1S/C25H26N2O4S/c1-5-30-23-16(3)24-19(20(14-31-24)17-8-6-7-9-21(17)29-4)13-18(23)15(2)12-22(28)27-25-26-10-11-32-25/h6-9,12-14H,5,10-11H2,1-4H3,(H,26,27,28)/b15-12+. The van der Waals surface area contributed by atoms with Gasteiger partial charge < -0.3 is 19.2 Å². The second kappa shape index (κ2) is 9.53. The van der Waals surface area contributed by atoms with Crippen molar-refractivity contribution in [3.05, 3.63) is 53.8 Å². The molecule has 0 fully saturated rings. The smallest absolute Gasteiger partial charge is 0.250 e. The molecule has 2 aromatic carbocycles. The number of hydrogen-bond acceptors (Lipinski definition) is 6. The third-order valence-corrected chi connectivity index (χ3v) is 6.21. The van der Waals surface area contributed by atoms with Gasteiger partial charge in [0.1, 0.15) is 17.1 Å². The molecule has 0 aliphatic carbocycles. The first-order valence-corrected chi connectivity index (χ1v) is 11.5. The number of nitrogens with zero attached hydrogens (tertiary/aromatic N) is 1. The fraction of sp³-hybridized carbons (Fsp3) is 0.280. The molecular formula is C25H26N2O4S. The third kappa shape index (κ3) is 4.25. The highest BCUT2D eigenvalue weighted by Gasteiger charge is 2.20. The normalized spacial score (nSPS) is 13.9. The van der Waals surface area contributed by atoms with E-state index in [-0.39, 0.29) is 5.91 Å². The van der Waals surface area contributed by atoms with Gasteiger partial charge in [-0.1, -0.05) is 30.0 Å². The van der Waals surface area contributed by atoms with Crippen LogP contribution in [0.5, 0.6) is 11.5 Å². The Hall–Kier alpha value is -3.19. The van der Waals surface area contributed by atoms with Crippen molar-refractivity contribution in [2.24, 2.45) is 4.99 Å². The summed E-state index contributed by atoms with van der Waals surface area (Å²) in [6.07, 6.45) is 3.34. The number of amides is 1. The number of ether oxygens (including phenoxy) is 2. The minimum Gasteiger partial charge on any atom is -0.496 e. The molecule has 6 nitrogen and oxygen atoms in total. The SMILES string of the molecule is CCOc1c(/C(C)=C/C(=O)NC2=NCCS2)cc2c(-c3ccccc3OC)coc2c1C. The van der Waals surface area contributed by atoms with Crippen LogP contribution in [-0.2, 0) is 4.79 Å². The van der Waals surface area contributed by atoms with E-state index in [4.69, 9.17) is 13.9 Å². The van der Waals surface area contributed by atoms with Gasteiger partial charge in [-0.25, -0.2) is 0 Å². The van der Waals surface area contributed by atoms with Crippen LogP contribution in [0.15, 0.2) is 52.1 Å². The van der Waals surface area contributed by atoms with Gasteiger partial charge in [0.15, 0.2) is 5.17 Å². The lowest BCUT2D eigenvalue weighted by Gasteiger charge is -2.15. The zero-order valence-corrected chi connectivity index (χ0v) is 19.5. The molecule has 0 spiro atoms. The van der Waals surface area contributed by atoms with Gasteiger partial charge in [0.05, 0.1) is 26.5 Å². The molecule has 0 atom stereocenters. The number of carbonyl (C=O) groups is 1. The number of aryl methyl sites for hydroxylation is 1. The van der Waals surface area contributed by atoms with E-state index in [1.165, 1.54) is 0 Å². The van der Waals surface area contributed by atoms with Crippen LogP contribution in [-0.4, -0.2) is 37.1 Å². The average Bonchev–Trinajstić information content (AvgIpc) is 3.45. The summed E-state index contributed by atoms with van der Waals surface area (Å²) < 4.78 is 17.5. The molecule has 166 valence electrons. The quantitative estimate of drug-likeness (QED) is 0.507. The van der Waals surface area contributed by atoms with Gasteiger partial charge in [0.25, 0.3) is 0 Å². The lowest BCUT2D eigenvalue weighted by Crippen LogP contribution is -2.25. The molecule has 4 rings (SSSR count). The van der Waals surface area contributed by atoms with E-state index in [1.54, 1.807) is 31.2 Å². The Morgan fingerprint density at radius 2 is 2.12 bits per heavy atom. The monoisotopic (exact) mass is 450 g/mol. The van der Waals surface area contributed by atoms with E-state index >= 15 is 0 Å². The maximum atomic E-state index is 12.6. The molecule has 0 radical (unpaired) electrons. The van der Waals surface area contributed by atoms with Crippen molar-refractivity contribution in [2.45, 2.75) is 20.8 Å². The first kappa shape index (κ1) is 22.0. The molecule has 32 heavy (non-hydrogen) atoms. The summed E-state index contributed by atoms with van der Waals surface area (Å²) in [6.45, 7) is 7.07. The number of aliphatic imine (C=N–C) groups is 1. The molecule has 0 saturated heterocycles. The molecule has 1 amide bonds. The van der Waals surface area contributed by atoms with Crippen molar-refractivity contribution in [3.63, 3.8) is 0 Å². The van der Waals surface area contributed by atoms with Gasteiger partial charge in [0, 0.05) is 39.5 Å². The maximum Gasteiger partial charge on any atom is 0.250 e. The first-order chi connectivity index (χ1) is 15.5. The number of carbonyl (C=O) groups excluding carboxylic acids is 1. The lowest BCUT2D eigenvalue weighted by molar-refractivity contribution is -0.115. The van der Waals surface area contributed by atoms with Crippen LogP contribution in [0.1, 0.15) is 25.0 Å².